The van der Waals surface area contributed by atoms with Crippen molar-refractivity contribution >= 4 is 11.8 Å². The van der Waals surface area contributed by atoms with Crippen LogP contribution in [0.4, 0.5) is 0 Å². The molecule has 1 rings (SSSR count). The number of carbonyl (C=O) groups excluding carboxylic acids is 2. The molecule has 0 aromatic carbocycles. The molecule has 0 radical (unpaired) electrons. The van der Waals surface area contributed by atoms with E-state index in [0.717, 1.165) is 0 Å². The Balaban J connectivity index is 2.44. The first-order valence-electron chi connectivity index (χ1n) is 6.51. The first-order valence-corrected chi connectivity index (χ1v) is 6.51. The van der Waals surface area contributed by atoms with Crippen LogP contribution in [-0.2, 0) is 16.1 Å². The number of aromatic nitrogens is 2. The largest absolute Gasteiger partial charge is 0.357 e. The SMILES string of the molecule is CNC(=O)[C@@H](CC(C)C)NC(=O)CCn1cccn1. The number of aryl methyl sites for hydroxylation is 1. The van der Waals surface area contributed by atoms with Gasteiger partial charge in [0.2, 0.25) is 11.8 Å². The third kappa shape index (κ3) is 5.54. The fourth-order valence-corrected chi connectivity index (χ4v) is 1.79. The van der Waals surface area contributed by atoms with Crippen LogP contribution in [0.1, 0.15) is 26.7 Å². The first-order chi connectivity index (χ1) is 9.02. The van der Waals surface area contributed by atoms with Gasteiger partial charge >= 0.3 is 0 Å². The van der Waals surface area contributed by atoms with E-state index < -0.39 is 6.04 Å². The molecule has 6 heteroatoms. The number of hydrogen-bond donors (Lipinski definition) is 2. The van der Waals surface area contributed by atoms with Gasteiger partial charge in [-0.2, -0.15) is 5.10 Å². The summed E-state index contributed by atoms with van der Waals surface area (Å²) >= 11 is 0. The van der Waals surface area contributed by atoms with Gasteiger partial charge < -0.3 is 10.6 Å². The minimum Gasteiger partial charge on any atom is -0.357 e. The molecule has 6 nitrogen and oxygen atoms in total. The highest BCUT2D eigenvalue weighted by molar-refractivity contribution is 5.87. The van der Waals surface area contributed by atoms with E-state index in [9.17, 15) is 9.59 Å². The van der Waals surface area contributed by atoms with Crippen molar-refractivity contribution in [3.63, 3.8) is 0 Å². The Kier molecular flexibility index (Phi) is 6.05. The van der Waals surface area contributed by atoms with Crippen molar-refractivity contribution in [1.29, 1.82) is 0 Å². The molecule has 1 atom stereocenters. The van der Waals surface area contributed by atoms with E-state index in [1.807, 2.05) is 19.9 Å². The second-order valence-corrected chi connectivity index (χ2v) is 4.88. The molecule has 2 amide bonds. The van der Waals surface area contributed by atoms with Crippen LogP contribution in [-0.4, -0.2) is 34.7 Å². The zero-order valence-electron chi connectivity index (χ0n) is 11.7. The van der Waals surface area contributed by atoms with Crippen LogP contribution in [0.3, 0.4) is 0 Å². The van der Waals surface area contributed by atoms with Crippen molar-refractivity contribution in [3.05, 3.63) is 18.5 Å². The van der Waals surface area contributed by atoms with Crippen molar-refractivity contribution < 1.29 is 9.59 Å². The molecular weight excluding hydrogens is 244 g/mol. The standard InChI is InChI=1S/C13H22N4O2/c1-10(2)9-11(13(19)14-3)16-12(18)5-8-17-7-4-6-15-17/h4,6-7,10-11H,5,8-9H2,1-3H3,(H,14,19)(H,16,18)/t11-/m1/s1. The topological polar surface area (TPSA) is 76.0 Å². The third-order valence-electron chi connectivity index (χ3n) is 2.73. The Morgan fingerprint density at radius 2 is 2.11 bits per heavy atom. The van der Waals surface area contributed by atoms with E-state index in [1.54, 1.807) is 24.1 Å². The van der Waals surface area contributed by atoms with Crippen LogP contribution in [0, 0.1) is 5.92 Å². The van der Waals surface area contributed by atoms with Crippen molar-refractivity contribution in [2.75, 3.05) is 7.05 Å². The molecule has 0 unspecified atom stereocenters. The molecule has 0 saturated heterocycles. The summed E-state index contributed by atoms with van der Waals surface area (Å²) in [5, 5.41) is 9.37. The molecule has 0 aliphatic carbocycles. The van der Waals surface area contributed by atoms with E-state index in [0.29, 0.717) is 25.3 Å². The fraction of sp³-hybridized carbons (Fsp3) is 0.615. The lowest BCUT2D eigenvalue weighted by Gasteiger charge is -2.19. The summed E-state index contributed by atoms with van der Waals surface area (Å²) in [6, 6.07) is 1.35. The number of nitrogens with one attached hydrogen (secondary N) is 2. The van der Waals surface area contributed by atoms with Crippen molar-refractivity contribution in [2.24, 2.45) is 5.92 Å². The third-order valence-corrected chi connectivity index (χ3v) is 2.73. The van der Waals surface area contributed by atoms with Gasteiger partial charge in [-0.05, 0) is 18.4 Å². The zero-order chi connectivity index (χ0) is 14.3. The van der Waals surface area contributed by atoms with Gasteiger partial charge in [0.1, 0.15) is 6.04 Å². The van der Waals surface area contributed by atoms with Gasteiger partial charge in [0.15, 0.2) is 0 Å². The van der Waals surface area contributed by atoms with Gasteiger partial charge in [-0.3, -0.25) is 14.3 Å². The maximum atomic E-state index is 11.8. The average Bonchev–Trinajstić information content (AvgIpc) is 2.87. The monoisotopic (exact) mass is 266 g/mol. The summed E-state index contributed by atoms with van der Waals surface area (Å²) < 4.78 is 1.69. The lowest BCUT2D eigenvalue weighted by atomic mass is 10.0. The molecule has 0 spiro atoms. The average molecular weight is 266 g/mol. The highest BCUT2D eigenvalue weighted by Crippen LogP contribution is 2.05. The van der Waals surface area contributed by atoms with Crippen molar-refractivity contribution in [2.45, 2.75) is 39.3 Å². The van der Waals surface area contributed by atoms with Gasteiger partial charge in [-0.1, -0.05) is 13.8 Å². The lowest BCUT2D eigenvalue weighted by Crippen LogP contribution is -2.46. The fourth-order valence-electron chi connectivity index (χ4n) is 1.79. The first kappa shape index (κ1) is 15.2. The second kappa shape index (κ2) is 7.56. The molecule has 0 aliphatic heterocycles. The molecule has 19 heavy (non-hydrogen) atoms. The van der Waals surface area contributed by atoms with Crippen LogP contribution < -0.4 is 10.6 Å². The van der Waals surface area contributed by atoms with E-state index in [1.165, 1.54) is 0 Å². The minimum atomic E-state index is -0.463. The smallest absolute Gasteiger partial charge is 0.242 e. The maximum Gasteiger partial charge on any atom is 0.242 e. The predicted molar refractivity (Wildman–Crippen MR) is 72.3 cm³/mol. The van der Waals surface area contributed by atoms with E-state index in [2.05, 4.69) is 15.7 Å². The van der Waals surface area contributed by atoms with Crippen LogP contribution in [0.5, 0.6) is 0 Å². The quantitative estimate of drug-likeness (QED) is 0.756. The van der Waals surface area contributed by atoms with Crippen LogP contribution in [0.25, 0.3) is 0 Å². The van der Waals surface area contributed by atoms with Crippen molar-refractivity contribution in [1.82, 2.24) is 20.4 Å². The summed E-state index contributed by atoms with van der Waals surface area (Å²) in [6.07, 6.45) is 4.42. The summed E-state index contributed by atoms with van der Waals surface area (Å²) in [5.74, 6) is 0.0552. The number of likely N-dealkylation sites (N-methyl/N-ethyl adjacent to an activating group) is 1. The van der Waals surface area contributed by atoms with Gasteiger partial charge in [0.25, 0.3) is 0 Å². The Hall–Kier alpha value is -1.85. The summed E-state index contributed by atoms with van der Waals surface area (Å²) in [7, 11) is 1.57. The molecule has 2 N–H and O–H groups in total. The van der Waals surface area contributed by atoms with Crippen LogP contribution in [0.15, 0.2) is 18.5 Å². The predicted octanol–water partition coefficient (Wildman–Crippen LogP) is 0.550. The Bertz CT molecular complexity index is 401. The second-order valence-electron chi connectivity index (χ2n) is 4.88. The van der Waals surface area contributed by atoms with E-state index in [-0.39, 0.29) is 11.8 Å². The number of nitrogens with zero attached hydrogens (tertiary/aromatic N) is 2. The molecule has 0 bridgehead atoms. The minimum absolute atomic E-state index is 0.134. The van der Waals surface area contributed by atoms with Gasteiger partial charge in [0, 0.05) is 32.4 Å². The van der Waals surface area contributed by atoms with E-state index in [4.69, 9.17) is 0 Å². The summed E-state index contributed by atoms with van der Waals surface area (Å²) in [5.41, 5.74) is 0. The van der Waals surface area contributed by atoms with Crippen molar-refractivity contribution in [3.8, 4) is 0 Å². The van der Waals surface area contributed by atoms with Gasteiger partial charge in [-0.25, -0.2) is 0 Å². The number of amides is 2. The highest BCUT2D eigenvalue weighted by atomic mass is 16.2. The number of rotatable bonds is 7. The Morgan fingerprint density at radius 3 is 2.63 bits per heavy atom. The molecule has 0 saturated carbocycles. The highest BCUT2D eigenvalue weighted by Gasteiger charge is 2.20. The molecular formula is C13H22N4O2. The molecule has 106 valence electrons. The molecule has 1 heterocycles. The summed E-state index contributed by atoms with van der Waals surface area (Å²) in [4.78, 5) is 23.5. The normalized spacial score (nSPS) is 12.2. The maximum absolute atomic E-state index is 11.8. The van der Waals surface area contributed by atoms with Crippen LogP contribution in [0.2, 0.25) is 0 Å². The number of hydrogen-bond acceptors (Lipinski definition) is 3. The molecule has 0 aliphatic rings. The zero-order valence-corrected chi connectivity index (χ0v) is 11.7. The van der Waals surface area contributed by atoms with Crippen LogP contribution >= 0.6 is 0 Å². The van der Waals surface area contributed by atoms with Gasteiger partial charge in [-0.15, -0.1) is 0 Å². The molecule has 0 fully saturated rings. The summed E-state index contributed by atoms with van der Waals surface area (Å²) in [6.45, 7) is 4.55. The molecule has 1 aromatic heterocycles. The molecule has 1 aromatic rings. The Morgan fingerprint density at radius 1 is 1.37 bits per heavy atom. The van der Waals surface area contributed by atoms with E-state index >= 15 is 0 Å². The lowest BCUT2D eigenvalue weighted by molar-refractivity contribution is -0.129. The number of carbonyl (C=O) groups is 2. The Labute approximate surface area is 113 Å². The van der Waals surface area contributed by atoms with Gasteiger partial charge in [0.05, 0.1) is 0 Å².